The fourth-order valence-electron chi connectivity index (χ4n) is 7.01. The average Bonchev–Trinajstić information content (AvgIpc) is 3.67. The van der Waals surface area contributed by atoms with Gasteiger partial charge in [-0.2, -0.15) is 0 Å². The van der Waals surface area contributed by atoms with E-state index < -0.39 is 33.8 Å². The average molecular weight is 758 g/mol. The van der Waals surface area contributed by atoms with Gasteiger partial charge < -0.3 is 33.6 Å². The largest absolute Gasteiger partial charge is 0.497 e. The molecule has 282 valence electrons. The predicted molar refractivity (Wildman–Crippen MR) is 199 cm³/mol. The van der Waals surface area contributed by atoms with Crippen LogP contribution in [0.25, 0.3) is 0 Å². The summed E-state index contributed by atoms with van der Waals surface area (Å²) in [6.07, 6.45) is 0.420. The zero-order valence-corrected chi connectivity index (χ0v) is 32.6. The highest BCUT2D eigenvalue weighted by Gasteiger charge is 2.63. The van der Waals surface area contributed by atoms with Crippen LogP contribution in [-0.4, -0.2) is 122 Å². The van der Waals surface area contributed by atoms with Crippen LogP contribution in [0, 0.1) is 0 Å². The van der Waals surface area contributed by atoms with E-state index in [1.54, 1.807) is 37.2 Å². The fourth-order valence-corrected chi connectivity index (χ4v) is 8.79. The molecule has 0 aromatic heterocycles. The summed E-state index contributed by atoms with van der Waals surface area (Å²) in [5.41, 5.74) is -0.173. The Kier molecular flexibility index (Phi) is 12.0. The summed E-state index contributed by atoms with van der Waals surface area (Å²) in [5, 5.41) is 0.286. The summed E-state index contributed by atoms with van der Waals surface area (Å²) in [6, 6.07) is 14.6. The number of amides is 2. The van der Waals surface area contributed by atoms with Gasteiger partial charge in [-0.1, -0.05) is 17.7 Å². The number of halogens is 1. The third kappa shape index (κ3) is 7.27. The molecule has 3 aromatic carbocycles. The number of fused-ring (bicyclic) bond motifs is 1. The number of benzene rings is 3. The topological polar surface area (TPSA) is 121 Å². The molecule has 15 heteroatoms. The van der Waals surface area contributed by atoms with Crippen molar-refractivity contribution in [3.63, 3.8) is 0 Å². The van der Waals surface area contributed by atoms with Crippen LogP contribution in [0.1, 0.15) is 36.0 Å². The number of nitrogens with zero attached hydrogens (tertiary/aromatic N) is 5. The second-order valence-electron chi connectivity index (χ2n) is 13.5. The number of sulfonamides is 1. The van der Waals surface area contributed by atoms with Crippen molar-refractivity contribution in [2.24, 2.45) is 0 Å². The van der Waals surface area contributed by atoms with Crippen LogP contribution in [0.2, 0.25) is 5.02 Å². The predicted octanol–water partition coefficient (Wildman–Crippen LogP) is 4.85. The van der Waals surface area contributed by atoms with Gasteiger partial charge in [0.05, 0.1) is 27.0 Å². The number of anilines is 1. The van der Waals surface area contributed by atoms with E-state index in [9.17, 15) is 13.2 Å². The van der Waals surface area contributed by atoms with Crippen molar-refractivity contribution in [1.82, 2.24) is 19.6 Å². The van der Waals surface area contributed by atoms with E-state index in [4.69, 9.17) is 30.5 Å². The number of hydrogen-bond donors (Lipinski definition) is 0. The molecule has 52 heavy (non-hydrogen) atoms. The fraction of sp³-hybridized carbons (Fsp3) is 0.459. The molecule has 2 aliphatic rings. The van der Waals surface area contributed by atoms with E-state index in [0.717, 1.165) is 29.4 Å². The Morgan fingerprint density at radius 1 is 0.904 bits per heavy atom. The standard InChI is InChI=1S/C37H48ClN5O8S/c1-39(2)18-10-19-41(5)24-25-12-16-31(49-7)29(21-25)37(42-20-9-11-34(42)51-36(45)40(3)4)28-22-26(38)13-15-30(28)43(35(37)44)52(46,47)33-17-14-27(48-6)23-32(33)50-8/h12-17,21-23,34H,9-11,18-20,24H2,1-8H3/t34-,37?/m0/s1. The number of carbonyl (C=O) groups excluding carboxylic acids is 2. The Labute approximate surface area is 311 Å². The van der Waals surface area contributed by atoms with E-state index >= 15 is 4.79 Å². The van der Waals surface area contributed by atoms with Crippen molar-refractivity contribution in [3.05, 3.63) is 76.3 Å². The van der Waals surface area contributed by atoms with Crippen LogP contribution in [0.15, 0.2) is 59.5 Å². The number of rotatable bonds is 14. The molecule has 3 aromatic rings. The third-order valence-electron chi connectivity index (χ3n) is 9.43. The molecule has 13 nitrogen and oxygen atoms in total. The molecule has 1 fully saturated rings. The molecule has 0 aliphatic carbocycles. The Hall–Kier alpha value is -4.08. The van der Waals surface area contributed by atoms with E-state index in [2.05, 4.69) is 9.80 Å². The van der Waals surface area contributed by atoms with Gasteiger partial charge in [0.1, 0.15) is 22.1 Å². The van der Waals surface area contributed by atoms with Crippen molar-refractivity contribution in [1.29, 1.82) is 0 Å². The first-order valence-electron chi connectivity index (χ1n) is 17.0. The highest BCUT2D eigenvalue weighted by atomic mass is 35.5. The summed E-state index contributed by atoms with van der Waals surface area (Å²) in [7, 11) is 8.91. The highest BCUT2D eigenvalue weighted by Crippen LogP contribution is 2.55. The minimum absolute atomic E-state index is 0.00370. The van der Waals surface area contributed by atoms with Crippen molar-refractivity contribution >= 4 is 39.3 Å². The lowest BCUT2D eigenvalue weighted by Crippen LogP contribution is -2.57. The minimum atomic E-state index is -4.65. The van der Waals surface area contributed by atoms with Gasteiger partial charge in [-0.15, -0.1) is 0 Å². The van der Waals surface area contributed by atoms with Crippen molar-refractivity contribution < 1.29 is 37.0 Å². The van der Waals surface area contributed by atoms with Crippen LogP contribution in [0.4, 0.5) is 10.5 Å². The molecular formula is C37H48ClN5O8S. The SMILES string of the molecule is COc1ccc(S(=O)(=O)N2C(=O)C(c3cc(CN(C)CCCN(C)C)ccc3OC)(N3CCC[C@@H]3OC(=O)N(C)C)c3cc(Cl)ccc32)c(OC)c1. The van der Waals surface area contributed by atoms with Crippen molar-refractivity contribution in [2.75, 3.05) is 80.5 Å². The molecule has 5 rings (SSSR count). The maximum atomic E-state index is 15.7. The van der Waals surface area contributed by atoms with E-state index in [-0.39, 0.29) is 21.4 Å². The summed E-state index contributed by atoms with van der Waals surface area (Å²) >= 11 is 6.69. The lowest BCUT2D eigenvalue weighted by Gasteiger charge is -2.41. The normalized spacial score (nSPS) is 18.9. The quantitative estimate of drug-likeness (QED) is 0.225. The summed E-state index contributed by atoms with van der Waals surface area (Å²) in [6.45, 7) is 2.59. The Bertz CT molecular complexity index is 1910. The van der Waals surface area contributed by atoms with Crippen LogP contribution < -0.4 is 18.5 Å². The van der Waals surface area contributed by atoms with Gasteiger partial charge in [-0.05, 0) is 102 Å². The van der Waals surface area contributed by atoms with Crippen LogP contribution >= 0.6 is 11.6 Å². The Balaban J connectivity index is 1.77. The maximum absolute atomic E-state index is 15.7. The molecule has 0 bridgehead atoms. The van der Waals surface area contributed by atoms with Crippen LogP contribution in [0.3, 0.4) is 0 Å². The van der Waals surface area contributed by atoms with Crippen LogP contribution in [-0.2, 0) is 31.6 Å². The van der Waals surface area contributed by atoms with Gasteiger partial charge in [-0.25, -0.2) is 22.4 Å². The Morgan fingerprint density at radius 3 is 2.29 bits per heavy atom. The lowest BCUT2D eigenvalue weighted by molar-refractivity contribution is -0.132. The smallest absolute Gasteiger partial charge is 0.410 e. The van der Waals surface area contributed by atoms with Gasteiger partial charge in [0, 0.05) is 49.4 Å². The van der Waals surface area contributed by atoms with E-state index in [1.807, 2.05) is 33.3 Å². The monoisotopic (exact) mass is 757 g/mol. The summed E-state index contributed by atoms with van der Waals surface area (Å²) in [4.78, 5) is 35.9. The first kappa shape index (κ1) is 39.1. The van der Waals surface area contributed by atoms with Crippen molar-refractivity contribution in [2.45, 2.75) is 42.5 Å². The van der Waals surface area contributed by atoms with Gasteiger partial charge in [0.15, 0.2) is 11.8 Å². The minimum Gasteiger partial charge on any atom is -0.497 e. The molecule has 2 heterocycles. The van der Waals surface area contributed by atoms with Gasteiger partial charge >= 0.3 is 6.09 Å². The first-order valence-corrected chi connectivity index (χ1v) is 18.8. The molecule has 0 spiro atoms. The van der Waals surface area contributed by atoms with Crippen LogP contribution in [0.5, 0.6) is 17.2 Å². The molecule has 1 saturated heterocycles. The molecule has 0 N–H and O–H groups in total. The number of methoxy groups -OCH3 is 3. The lowest BCUT2D eigenvalue weighted by atomic mass is 9.80. The van der Waals surface area contributed by atoms with E-state index in [1.165, 1.54) is 50.5 Å². The van der Waals surface area contributed by atoms with Gasteiger partial charge in [0.2, 0.25) is 0 Å². The maximum Gasteiger partial charge on any atom is 0.410 e. The number of hydrogen-bond acceptors (Lipinski definition) is 11. The molecule has 0 radical (unpaired) electrons. The van der Waals surface area contributed by atoms with Gasteiger partial charge in [0.25, 0.3) is 15.9 Å². The molecule has 2 amide bonds. The zero-order chi connectivity index (χ0) is 38.0. The number of likely N-dealkylation sites (tertiary alicyclic amines) is 1. The Morgan fingerprint density at radius 2 is 1.63 bits per heavy atom. The van der Waals surface area contributed by atoms with Crippen molar-refractivity contribution in [3.8, 4) is 17.2 Å². The molecular weight excluding hydrogens is 710 g/mol. The van der Waals surface area contributed by atoms with Gasteiger partial charge in [-0.3, -0.25) is 4.79 Å². The molecule has 1 unspecified atom stereocenters. The summed E-state index contributed by atoms with van der Waals surface area (Å²) < 4.78 is 53.3. The second kappa shape index (κ2) is 15.9. The molecule has 2 atom stereocenters. The van der Waals surface area contributed by atoms with E-state index in [0.29, 0.717) is 48.6 Å². The molecule has 2 aliphatic heterocycles. The summed E-state index contributed by atoms with van der Waals surface area (Å²) in [5.74, 6) is -0.0775. The number of carbonyl (C=O) groups is 2. The zero-order valence-electron chi connectivity index (χ0n) is 31.0. The second-order valence-corrected chi connectivity index (χ2v) is 15.7. The first-order chi connectivity index (χ1) is 24.7. The number of ether oxygens (including phenoxy) is 4. The highest BCUT2D eigenvalue weighted by molar-refractivity contribution is 7.93. The third-order valence-corrected chi connectivity index (χ3v) is 11.4. The molecule has 0 saturated carbocycles.